The number of ether oxygens (including phenoxy) is 2. The molecule has 3 aromatic rings. The van der Waals surface area contributed by atoms with E-state index in [1.165, 1.54) is 11.3 Å². The summed E-state index contributed by atoms with van der Waals surface area (Å²) in [6, 6.07) is 9.09. The number of carbonyl (C=O) groups excluding carboxylic acids is 2. The number of aryl methyl sites for hydroxylation is 1. The molecule has 2 aromatic heterocycles. The smallest absolute Gasteiger partial charge is 0.407 e. The highest BCUT2D eigenvalue weighted by atomic mass is 32.1. The van der Waals surface area contributed by atoms with E-state index in [0.717, 1.165) is 32.9 Å². The van der Waals surface area contributed by atoms with Crippen molar-refractivity contribution >= 4 is 44.9 Å². The zero-order chi connectivity index (χ0) is 27.9. The maximum Gasteiger partial charge on any atom is 0.407 e. The predicted molar refractivity (Wildman–Crippen MR) is 151 cm³/mol. The topological polar surface area (TPSA) is 119 Å². The number of nitrogens with one attached hydrogen (secondary N) is 2. The summed E-state index contributed by atoms with van der Waals surface area (Å²) in [5.74, 6) is 0.161. The van der Waals surface area contributed by atoms with Crippen molar-refractivity contribution in [2.75, 3.05) is 37.0 Å². The van der Waals surface area contributed by atoms with E-state index >= 15 is 0 Å². The second kappa shape index (κ2) is 10.5. The van der Waals surface area contributed by atoms with Gasteiger partial charge in [-0.05, 0) is 57.9 Å². The van der Waals surface area contributed by atoms with Crippen LogP contribution < -0.4 is 26.0 Å². The summed E-state index contributed by atoms with van der Waals surface area (Å²) in [6.45, 7) is 8.00. The quantitative estimate of drug-likeness (QED) is 0.431. The molecule has 11 heteroatoms. The molecule has 9 nitrogen and oxygen atoms in total. The van der Waals surface area contributed by atoms with Crippen LogP contribution >= 0.6 is 11.3 Å². The van der Waals surface area contributed by atoms with Gasteiger partial charge in [0.05, 0.1) is 24.4 Å². The minimum absolute atomic E-state index is 0.208. The van der Waals surface area contributed by atoms with Gasteiger partial charge in [-0.25, -0.2) is 9.78 Å². The van der Waals surface area contributed by atoms with Crippen LogP contribution in [-0.4, -0.2) is 61.0 Å². The van der Waals surface area contributed by atoms with Gasteiger partial charge in [0.2, 0.25) is 0 Å². The number of anilines is 2. The number of fused-ring (bicyclic) bond motifs is 2. The summed E-state index contributed by atoms with van der Waals surface area (Å²) in [4.78, 5) is 33.0. The first-order chi connectivity index (χ1) is 18.5. The second-order valence-corrected chi connectivity index (χ2v) is 12.2. The molecule has 1 saturated heterocycles. The van der Waals surface area contributed by atoms with Gasteiger partial charge in [0, 0.05) is 41.8 Å². The van der Waals surface area contributed by atoms with Crippen LogP contribution in [0, 0.1) is 12.8 Å². The fourth-order valence-corrected chi connectivity index (χ4v) is 6.06. The number of rotatable bonds is 5. The monoisotopic (exact) mass is 555 g/mol. The molecule has 0 unspecified atom stereocenters. The van der Waals surface area contributed by atoms with E-state index in [9.17, 15) is 14.0 Å². The van der Waals surface area contributed by atoms with Crippen LogP contribution in [0.3, 0.4) is 0 Å². The highest BCUT2D eigenvalue weighted by molar-refractivity contribution is 7.21. The molecule has 2 aliphatic heterocycles. The molecule has 0 aliphatic carbocycles. The number of amides is 2. The van der Waals surface area contributed by atoms with E-state index in [2.05, 4.69) is 15.6 Å². The summed E-state index contributed by atoms with van der Waals surface area (Å²) in [6.07, 6.45) is 0.0674. The van der Waals surface area contributed by atoms with Gasteiger partial charge in [0.25, 0.3) is 5.91 Å². The second-order valence-electron chi connectivity index (χ2n) is 11.2. The third-order valence-corrected chi connectivity index (χ3v) is 8.05. The lowest BCUT2D eigenvalue weighted by Crippen LogP contribution is -2.43. The Morgan fingerprint density at radius 1 is 1.23 bits per heavy atom. The Bertz CT molecular complexity index is 1400. The maximum absolute atomic E-state index is 13.8. The third-order valence-electron chi connectivity index (χ3n) is 6.94. The number of nitrogens with two attached hydrogens (primary N) is 1. The SMILES string of the molecule is Cc1ccc2c(N)c(C(=O)N[C@H]3COc4cc(N5C[C@H](CF)[C@H](NC(=O)OC(C)(C)C)C5)ccc4C3)sc2n1. The summed E-state index contributed by atoms with van der Waals surface area (Å²) in [7, 11) is 0. The summed E-state index contributed by atoms with van der Waals surface area (Å²) >= 11 is 1.29. The lowest BCUT2D eigenvalue weighted by molar-refractivity contribution is 0.0494. The van der Waals surface area contributed by atoms with E-state index in [1.54, 1.807) is 20.8 Å². The number of hydrogen-bond acceptors (Lipinski definition) is 8. The van der Waals surface area contributed by atoms with Gasteiger partial charge in [0.1, 0.15) is 27.7 Å². The van der Waals surface area contributed by atoms with E-state index < -0.39 is 18.4 Å². The fraction of sp³-hybridized carbons (Fsp3) is 0.464. The van der Waals surface area contributed by atoms with Crippen LogP contribution in [0.25, 0.3) is 10.2 Å². The van der Waals surface area contributed by atoms with Crippen LogP contribution in [-0.2, 0) is 11.2 Å². The van der Waals surface area contributed by atoms with Gasteiger partial charge in [0.15, 0.2) is 0 Å². The van der Waals surface area contributed by atoms with Crippen LogP contribution in [0.15, 0.2) is 30.3 Å². The number of halogens is 1. The molecule has 0 spiro atoms. The number of benzene rings is 1. The summed E-state index contributed by atoms with van der Waals surface area (Å²) in [5.41, 5.74) is 8.81. The molecule has 1 fully saturated rings. The minimum atomic E-state index is -0.623. The lowest BCUT2D eigenvalue weighted by atomic mass is 10.0. The number of hydrogen-bond donors (Lipinski definition) is 3. The average molecular weight is 556 g/mol. The number of alkyl halides is 1. The van der Waals surface area contributed by atoms with Crippen molar-refractivity contribution in [1.29, 1.82) is 0 Å². The van der Waals surface area contributed by atoms with Gasteiger partial charge in [-0.15, -0.1) is 11.3 Å². The van der Waals surface area contributed by atoms with E-state index in [1.807, 2.05) is 42.2 Å². The summed E-state index contributed by atoms with van der Waals surface area (Å²) in [5, 5.41) is 6.66. The molecule has 0 saturated carbocycles. The minimum Gasteiger partial charge on any atom is -0.491 e. The Morgan fingerprint density at radius 3 is 2.77 bits per heavy atom. The van der Waals surface area contributed by atoms with E-state index in [0.29, 0.717) is 36.7 Å². The van der Waals surface area contributed by atoms with E-state index in [-0.39, 0.29) is 23.9 Å². The zero-order valence-electron chi connectivity index (χ0n) is 22.5. The van der Waals surface area contributed by atoms with Gasteiger partial charge >= 0.3 is 6.09 Å². The van der Waals surface area contributed by atoms with Crippen molar-refractivity contribution in [3.8, 4) is 5.75 Å². The molecule has 2 aliphatic rings. The predicted octanol–water partition coefficient (Wildman–Crippen LogP) is 4.22. The Kier molecular flexibility index (Phi) is 7.28. The number of carbonyl (C=O) groups is 2. The van der Waals surface area contributed by atoms with Crippen LogP contribution in [0.5, 0.6) is 5.75 Å². The van der Waals surface area contributed by atoms with Crippen LogP contribution in [0.1, 0.15) is 41.7 Å². The first kappa shape index (κ1) is 27.0. The standard InChI is InChI=1S/C28H34FN5O4S/c1-15-5-8-20-23(30)24(39-26(20)31-15)25(35)32-18-9-16-6-7-19(10-22(16)37-14-18)34-12-17(11-29)21(13-34)33-27(36)38-28(2,3)4/h5-8,10,17-18,21H,9,11-14,30H2,1-4H3,(H,32,35)(H,33,36)/t17-,18+,21+/m0/s1. The number of aromatic nitrogens is 1. The highest BCUT2D eigenvalue weighted by Gasteiger charge is 2.35. The average Bonchev–Trinajstić information content (AvgIpc) is 3.42. The van der Waals surface area contributed by atoms with Gasteiger partial charge in [-0.3, -0.25) is 9.18 Å². The number of nitrogen functional groups attached to an aromatic ring is 1. The van der Waals surface area contributed by atoms with Crippen molar-refractivity contribution in [1.82, 2.24) is 15.6 Å². The van der Waals surface area contributed by atoms with Gasteiger partial charge in [-0.2, -0.15) is 0 Å². The molecule has 4 N–H and O–H groups in total. The fourth-order valence-electron chi connectivity index (χ4n) is 5.02. The van der Waals surface area contributed by atoms with Crippen molar-refractivity contribution in [2.24, 2.45) is 5.92 Å². The molecular formula is C28H34FN5O4S. The maximum atomic E-state index is 13.8. The van der Waals surface area contributed by atoms with Crippen LogP contribution in [0.4, 0.5) is 20.6 Å². The molecule has 1 aromatic carbocycles. The number of thiophene rings is 1. The van der Waals surface area contributed by atoms with Crippen molar-refractivity contribution in [3.05, 3.63) is 46.5 Å². The molecule has 0 radical (unpaired) electrons. The zero-order valence-corrected chi connectivity index (χ0v) is 23.4. The number of pyridine rings is 1. The van der Waals surface area contributed by atoms with Crippen molar-refractivity contribution < 1.29 is 23.5 Å². The first-order valence-corrected chi connectivity index (χ1v) is 13.8. The molecule has 208 valence electrons. The Labute approximate surface area is 230 Å². The molecule has 3 atom stereocenters. The molecule has 0 bridgehead atoms. The normalized spacial score (nSPS) is 20.8. The molecule has 2 amide bonds. The van der Waals surface area contributed by atoms with Crippen molar-refractivity contribution in [3.63, 3.8) is 0 Å². The van der Waals surface area contributed by atoms with Gasteiger partial charge in [-0.1, -0.05) is 6.07 Å². The Morgan fingerprint density at radius 2 is 2.03 bits per heavy atom. The number of alkyl carbamates (subject to hydrolysis) is 1. The molecule has 4 heterocycles. The lowest BCUT2D eigenvalue weighted by Gasteiger charge is -2.28. The summed E-state index contributed by atoms with van der Waals surface area (Å²) < 4.78 is 25.2. The van der Waals surface area contributed by atoms with E-state index in [4.69, 9.17) is 15.2 Å². The third kappa shape index (κ3) is 5.88. The molecular weight excluding hydrogens is 521 g/mol. The number of nitrogens with zero attached hydrogens (tertiary/aromatic N) is 2. The highest BCUT2D eigenvalue weighted by Crippen LogP contribution is 2.34. The largest absolute Gasteiger partial charge is 0.491 e. The van der Waals surface area contributed by atoms with Crippen LogP contribution in [0.2, 0.25) is 0 Å². The Hall–Kier alpha value is -3.60. The molecule has 5 rings (SSSR count). The van der Waals surface area contributed by atoms with Crippen molar-refractivity contribution in [2.45, 2.75) is 51.8 Å². The first-order valence-electron chi connectivity index (χ1n) is 13.0. The Balaban J connectivity index is 1.22. The van der Waals surface area contributed by atoms with Gasteiger partial charge < -0.3 is 30.7 Å². The molecule has 39 heavy (non-hydrogen) atoms.